The smallest absolute Gasteiger partial charge is 0.273 e. The number of nitrogens with zero attached hydrogens (tertiary/aromatic N) is 1. The Labute approximate surface area is 139 Å². The van der Waals surface area contributed by atoms with Crippen LogP contribution in [0.1, 0.15) is 17.5 Å². The van der Waals surface area contributed by atoms with Gasteiger partial charge in [0.15, 0.2) is 9.84 Å². The number of nitro benzene ring substituents is 1. The molecule has 0 heterocycles. The van der Waals surface area contributed by atoms with Crippen LogP contribution < -0.4 is 0 Å². The molecule has 0 radical (unpaired) electrons. The van der Waals surface area contributed by atoms with Gasteiger partial charge in [-0.25, -0.2) is 8.42 Å². The molecular weight excluding hydrogens is 330 g/mol. The van der Waals surface area contributed by atoms with Crippen molar-refractivity contribution in [1.29, 1.82) is 0 Å². The predicted octanol–water partition coefficient (Wildman–Crippen LogP) is 2.30. The van der Waals surface area contributed by atoms with Gasteiger partial charge < -0.3 is 5.11 Å². The van der Waals surface area contributed by atoms with Crippen LogP contribution in [0.4, 0.5) is 5.69 Å². The maximum Gasteiger partial charge on any atom is 0.273 e. The molecule has 0 unspecified atom stereocenters. The minimum atomic E-state index is -3.70. The van der Waals surface area contributed by atoms with Crippen molar-refractivity contribution in [3.05, 3.63) is 69.8 Å². The van der Waals surface area contributed by atoms with Crippen LogP contribution in [-0.2, 0) is 15.6 Å². The topological polar surface area (TPSA) is 97.5 Å². The van der Waals surface area contributed by atoms with Gasteiger partial charge in [-0.15, -0.1) is 0 Å². The summed E-state index contributed by atoms with van der Waals surface area (Å²) in [4.78, 5) is 10.7. The first-order valence-corrected chi connectivity index (χ1v) is 8.74. The lowest BCUT2D eigenvalue weighted by atomic mass is 10.1. The molecule has 0 fully saturated rings. The van der Waals surface area contributed by atoms with Crippen molar-refractivity contribution in [3.8, 4) is 11.8 Å². The van der Waals surface area contributed by atoms with Crippen LogP contribution in [0.2, 0.25) is 0 Å². The molecule has 0 saturated carbocycles. The largest absolute Gasteiger partial charge is 0.395 e. The fourth-order valence-electron chi connectivity index (χ4n) is 2.09. The summed E-state index contributed by atoms with van der Waals surface area (Å²) < 4.78 is 24.9. The number of hydrogen-bond acceptors (Lipinski definition) is 5. The van der Waals surface area contributed by atoms with Gasteiger partial charge in [-0.1, -0.05) is 30.0 Å². The molecule has 1 N–H and O–H groups in total. The molecule has 2 aromatic rings. The molecule has 0 saturated heterocycles. The molecule has 0 spiro atoms. The van der Waals surface area contributed by atoms with Crippen molar-refractivity contribution in [3.63, 3.8) is 0 Å². The van der Waals surface area contributed by atoms with Gasteiger partial charge in [-0.3, -0.25) is 10.1 Å². The van der Waals surface area contributed by atoms with E-state index in [0.29, 0.717) is 5.56 Å². The molecule has 2 aromatic carbocycles. The number of benzene rings is 2. The number of aliphatic hydroxyl groups excluding tert-OH is 1. The summed E-state index contributed by atoms with van der Waals surface area (Å²) in [5.41, 5.74) is 0.286. The molecule has 2 rings (SSSR count). The summed E-state index contributed by atoms with van der Waals surface area (Å²) in [7, 11) is -3.70. The Bertz CT molecular complexity index is 896. The van der Waals surface area contributed by atoms with Gasteiger partial charge in [0.1, 0.15) is 0 Å². The van der Waals surface area contributed by atoms with Crippen LogP contribution in [0.25, 0.3) is 0 Å². The third kappa shape index (κ3) is 4.41. The van der Waals surface area contributed by atoms with E-state index in [4.69, 9.17) is 5.11 Å². The van der Waals surface area contributed by atoms with Gasteiger partial charge in [0.2, 0.25) is 0 Å². The zero-order valence-corrected chi connectivity index (χ0v) is 13.5. The second kappa shape index (κ2) is 7.73. The minimum Gasteiger partial charge on any atom is -0.395 e. The fraction of sp³-hybridized carbons (Fsp3) is 0.176. The Balaban J connectivity index is 2.42. The highest BCUT2D eigenvalue weighted by molar-refractivity contribution is 7.90. The fourth-order valence-corrected chi connectivity index (χ4v) is 3.47. The molecule has 0 amide bonds. The number of nitro groups is 1. The first-order valence-electron chi connectivity index (χ1n) is 7.09. The van der Waals surface area contributed by atoms with E-state index in [1.807, 2.05) is 0 Å². The van der Waals surface area contributed by atoms with Crippen LogP contribution in [0, 0.1) is 22.0 Å². The number of aliphatic hydroxyl groups is 1. The molecule has 7 heteroatoms. The standard InChI is InChI=1S/C17H15NO5S/c19-11-5-4-6-14-9-10-17(18(20)21)15(12-14)13-24(22,23)16-7-2-1-3-8-16/h1-3,7-10,12,19H,5,11,13H2. The normalized spacial score (nSPS) is 10.7. The quantitative estimate of drug-likeness (QED) is 0.509. The lowest BCUT2D eigenvalue weighted by molar-refractivity contribution is -0.385. The van der Waals surface area contributed by atoms with Gasteiger partial charge in [-0.05, 0) is 24.3 Å². The van der Waals surface area contributed by atoms with Gasteiger partial charge in [0, 0.05) is 23.6 Å². The lowest BCUT2D eigenvalue weighted by Crippen LogP contribution is -2.07. The predicted molar refractivity (Wildman–Crippen MR) is 89.0 cm³/mol. The summed E-state index contributed by atoms with van der Waals surface area (Å²) in [6, 6.07) is 11.9. The van der Waals surface area contributed by atoms with E-state index in [2.05, 4.69) is 11.8 Å². The van der Waals surface area contributed by atoms with Gasteiger partial charge in [-0.2, -0.15) is 0 Å². The molecule has 0 atom stereocenters. The number of sulfone groups is 1. The summed E-state index contributed by atoms with van der Waals surface area (Å²) in [5, 5.41) is 19.9. The molecule has 0 aromatic heterocycles. The minimum absolute atomic E-state index is 0.0830. The van der Waals surface area contributed by atoms with Crippen molar-refractivity contribution >= 4 is 15.5 Å². The van der Waals surface area contributed by atoms with E-state index < -0.39 is 20.5 Å². The average Bonchev–Trinajstić information content (AvgIpc) is 2.55. The zero-order valence-electron chi connectivity index (χ0n) is 12.7. The van der Waals surface area contributed by atoms with E-state index in [0.717, 1.165) is 0 Å². The highest BCUT2D eigenvalue weighted by atomic mass is 32.2. The Kier molecular flexibility index (Phi) is 5.68. The van der Waals surface area contributed by atoms with Crippen LogP contribution in [-0.4, -0.2) is 25.1 Å². The molecule has 0 bridgehead atoms. The molecule has 24 heavy (non-hydrogen) atoms. The maximum atomic E-state index is 12.5. The van der Waals surface area contributed by atoms with E-state index in [9.17, 15) is 18.5 Å². The van der Waals surface area contributed by atoms with E-state index in [1.54, 1.807) is 18.2 Å². The second-order valence-corrected chi connectivity index (χ2v) is 6.94. The molecule has 0 aliphatic carbocycles. The van der Waals surface area contributed by atoms with Crippen LogP contribution >= 0.6 is 0 Å². The number of rotatable bonds is 5. The van der Waals surface area contributed by atoms with Crippen molar-refractivity contribution in [2.45, 2.75) is 17.1 Å². The maximum absolute atomic E-state index is 12.5. The van der Waals surface area contributed by atoms with E-state index >= 15 is 0 Å². The molecular formula is C17H15NO5S. The van der Waals surface area contributed by atoms with E-state index in [1.165, 1.54) is 30.3 Å². The summed E-state index contributed by atoms with van der Waals surface area (Å²) >= 11 is 0. The zero-order chi connectivity index (χ0) is 17.6. The van der Waals surface area contributed by atoms with Crippen LogP contribution in [0.5, 0.6) is 0 Å². The molecule has 0 aliphatic heterocycles. The monoisotopic (exact) mass is 345 g/mol. The van der Waals surface area contributed by atoms with Gasteiger partial charge in [0.25, 0.3) is 5.69 Å². The molecule has 6 nitrogen and oxygen atoms in total. The van der Waals surface area contributed by atoms with Gasteiger partial charge in [0.05, 0.1) is 22.2 Å². The first-order chi connectivity index (χ1) is 11.4. The van der Waals surface area contributed by atoms with Gasteiger partial charge >= 0.3 is 0 Å². The highest BCUT2D eigenvalue weighted by Gasteiger charge is 2.22. The van der Waals surface area contributed by atoms with E-state index in [-0.39, 0.29) is 29.2 Å². The Morgan fingerprint density at radius 2 is 1.83 bits per heavy atom. The Hall–Kier alpha value is -2.69. The van der Waals surface area contributed by atoms with Crippen LogP contribution in [0.15, 0.2) is 53.4 Å². The van der Waals surface area contributed by atoms with Crippen LogP contribution in [0.3, 0.4) is 0 Å². The highest BCUT2D eigenvalue weighted by Crippen LogP contribution is 2.25. The second-order valence-electron chi connectivity index (χ2n) is 4.95. The van der Waals surface area contributed by atoms with Crippen molar-refractivity contribution in [1.82, 2.24) is 0 Å². The SMILES string of the molecule is O=[N+]([O-])c1ccc(C#CCCO)cc1CS(=O)(=O)c1ccccc1. The molecule has 124 valence electrons. The average molecular weight is 345 g/mol. The summed E-state index contributed by atoms with van der Waals surface area (Å²) in [5.74, 6) is 4.97. The van der Waals surface area contributed by atoms with Crippen molar-refractivity contribution in [2.24, 2.45) is 0 Å². The lowest BCUT2D eigenvalue weighted by Gasteiger charge is -2.06. The Morgan fingerprint density at radius 1 is 1.12 bits per heavy atom. The Morgan fingerprint density at radius 3 is 2.46 bits per heavy atom. The summed E-state index contributed by atoms with van der Waals surface area (Å²) in [6.07, 6.45) is 0.272. The number of hydrogen-bond donors (Lipinski definition) is 1. The third-order valence-corrected chi connectivity index (χ3v) is 4.88. The first kappa shape index (κ1) is 17.7. The molecule has 0 aliphatic rings. The van der Waals surface area contributed by atoms with Crippen molar-refractivity contribution < 1.29 is 18.4 Å². The third-order valence-electron chi connectivity index (χ3n) is 3.19. The summed E-state index contributed by atoms with van der Waals surface area (Å²) in [6.45, 7) is -0.0881. The van der Waals surface area contributed by atoms with Crippen molar-refractivity contribution in [2.75, 3.05) is 6.61 Å².